The molecular weight excluding hydrogens is 1970 g/mol. The zero-order valence-corrected chi connectivity index (χ0v) is 87.6. The van der Waals surface area contributed by atoms with Crippen LogP contribution in [0.15, 0.2) is 230 Å². The van der Waals surface area contributed by atoms with E-state index in [1.807, 2.05) is 0 Å². The molecule has 10 aromatic carbocycles. The summed E-state index contributed by atoms with van der Waals surface area (Å²) in [6.45, 7) is 0. The van der Waals surface area contributed by atoms with E-state index < -0.39 is 157 Å². The normalized spacial score (nSPS) is 11.9. The van der Waals surface area contributed by atoms with Crippen LogP contribution in [0.5, 0.6) is 11.5 Å². The van der Waals surface area contributed by atoms with Gasteiger partial charge >= 0.3 is 224 Å². The zero-order chi connectivity index (χ0) is 87.5. The molecule has 619 valence electrons. The van der Waals surface area contributed by atoms with Gasteiger partial charge in [0.25, 0.3) is 11.4 Å². The number of non-ortho nitro benzene ring substituents is 2. The van der Waals surface area contributed by atoms with E-state index in [9.17, 15) is 128 Å². The first-order chi connectivity index (χ1) is 56.2. The molecule has 0 saturated carbocycles. The molecule has 0 aliphatic heterocycles. The molecule has 128 heavy (non-hydrogen) atoms. The second kappa shape index (κ2) is 47.9. The summed E-state index contributed by atoms with van der Waals surface area (Å²) < 4.78 is 217. The Labute approximate surface area is 896 Å². The molecule has 2 aromatic heterocycles. The smallest absolute Gasteiger partial charge is 0.871 e. The van der Waals surface area contributed by atoms with Crippen LogP contribution < -0.4 is 249 Å². The Morgan fingerprint density at radius 1 is 0.383 bits per heavy atom. The first-order valence-electron chi connectivity index (χ1n) is 32.0. The van der Waals surface area contributed by atoms with Crippen molar-refractivity contribution < 1.29 is 342 Å². The maximum absolute atomic E-state index is 13.4. The first-order valence-corrected chi connectivity index (χ1v) is 41.2. The van der Waals surface area contributed by atoms with Gasteiger partial charge < -0.3 is 68.0 Å². The summed E-state index contributed by atoms with van der Waals surface area (Å²) >= 11 is 12.3. The largest absolute Gasteiger partial charge is 3.00 e. The third-order valence-corrected chi connectivity index (χ3v) is 21.6. The van der Waals surface area contributed by atoms with Crippen molar-refractivity contribution in [3.8, 4) is 11.5 Å². The van der Waals surface area contributed by atoms with Crippen molar-refractivity contribution in [3.05, 3.63) is 245 Å². The summed E-state index contributed by atoms with van der Waals surface area (Å²) in [6.07, 6.45) is 3.89. The minimum atomic E-state index is -5.36. The monoisotopic (exact) mass is 2000 g/mol. The molecule has 2 heterocycles. The number of benzene rings is 10. The molecule has 1 radical (unpaired) electrons. The van der Waals surface area contributed by atoms with Crippen LogP contribution in [0.4, 0.5) is 68.8 Å². The fourth-order valence-electron chi connectivity index (χ4n) is 10.8. The van der Waals surface area contributed by atoms with Gasteiger partial charge in [-0.15, -0.1) is 20.5 Å². The average molecular weight is 2000 g/mol. The Morgan fingerprint density at radius 3 is 0.977 bits per heavy atom. The van der Waals surface area contributed by atoms with Crippen molar-refractivity contribution in [2.45, 2.75) is 29.4 Å². The maximum atomic E-state index is 13.4. The third kappa shape index (κ3) is 29.8. The van der Waals surface area contributed by atoms with Gasteiger partial charge in [-0.25, -0.2) is 60.5 Å². The molecule has 0 fully saturated rings. The fraction of sp³-hybridized carbons (Fsp3) is 0. The molecule has 0 bridgehead atoms. The second-order valence-electron chi connectivity index (χ2n) is 23.8. The van der Waals surface area contributed by atoms with Crippen molar-refractivity contribution in [2.75, 3.05) is 10.6 Å². The van der Waals surface area contributed by atoms with Gasteiger partial charge in [0.2, 0.25) is 33.7 Å². The molecular formula is C68H36Cl2CrN16Na7O28S6. The van der Waals surface area contributed by atoms with E-state index >= 15 is 0 Å². The van der Waals surface area contributed by atoms with Crippen molar-refractivity contribution in [1.82, 2.24) is 29.9 Å². The summed E-state index contributed by atoms with van der Waals surface area (Å²) in [5, 5.41) is 90.8. The Balaban J connectivity index is 0.000000621. The number of fused-ring (bicyclic) bond motifs is 2. The molecule has 0 spiro atoms. The van der Waals surface area contributed by atoms with E-state index in [1.165, 1.54) is 84.9 Å². The summed E-state index contributed by atoms with van der Waals surface area (Å²) in [6, 6.07) is 30.6. The molecule has 0 atom stereocenters. The van der Waals surface area contributed by atoms with Crippen molar-refractivity contribution in [1.29, 1.82) is 0 Å². The summed E-state index contributed by atoms with van der Waals surface area (Å²) in [5.74, 6) is -5.86. The number of nitrogens with one attached hydrogen (secondary N) is 4. The zero-order valence-electron chi connectivity index (χ0n) is 65.9. The number of nitro groups is 2. The predicted molar refractivity (Wildman–Crippen MR) is 401 cm³/mol. The van der Waals surface area contributed by atoms with E-state index in [2.05, 4.69) is 71.0 Å². The Kier molecular flexibility index (Phi) is 43.3. The number of anilines is 4. The molecule has 60 heteroatoms. The van der Waals surface area contributed by atoms with Gasteiger partial charge in [-0.3, -0.25) is 30.2 Å². The number of carbonyl (C=O) groups excluding carboxylic acids is 2. The number of aromatic amines is 2. The van der Waals surface area contributed by atoms with E-state index in [1.54, 1.807) is 0 Å². The van der Waals surface area contributed by atoms with Crippen LogP contribution in [-0.2, 0) is 78.1 Å². The number of hydrogen-bond donors (Lipinski definition) is 4. The van der Waals surface area contributed by atoms with Gasteiger partial charge in [0.05, 0.1) is 85.3 Å². The standard InChI is InChI=1S/2C34H23ClN8O14S3.Cr.7Na/c2*35-32-38-33(36-20-10-12-23-19(13-20)14-28(60(55,56)57)29(30(23)44)42-41-25-4-2-1-3-24(25)31(45)46)40-34(39-32)37-21-9-7-17(26(15-21)58(49,50)51)5-6-18-8-11-22(43(47)48)16-27(18)59(52,53)54;;;;;;;;/h2*1-16,44H,(H,45,46)(H,49,50,51)(H,52,53,54)(H,55,56,57)(H2,36,37,38,39,40);;;;;;;;/q;;+3;7*+1/p-10. The number of rotatable bonds is 24. The van der Waals surface area contributed by atoms with Crippen molar-refractivity contribution >= 4 is 210 Å². The van der Waals surface area contributed by atoms with E-state index in [4.69, 9.17) is 23.2 Å². The Morgan fingerprint density at radius 2 is 0.680 bits per heavy atom. The van der Waals surface area contributed by atoms with Crippen molar-refractivity contribution in [3.63, 3.8) is 0 Å². The quantitative estimate of drug-likeness (QED) is 0.0109. The van der Waals surface area contributed by atoms with Crippen LogP contribution in [-0.4, -0.2) is 130 Å². The summed E-state index contributed by atoms with van der Waals surface area (Å²) in [7, 11) is -31.7. The minimum absolute atomic E-state index is 0. The Hall–Kier alpha value is -6.47. The number of nitro benzene ring substituents is 2. The van der Waals surface area contributed by atoms with Gasteiger partial charge in [0.15, 0.2) is 0 Å². The number of aromatic nitrogens is 6. The summed E-state index contributed by atoms with van der Waals surface area (Å²) in [5.41, 5.74) is -6.60. The van der Waals surface area contributed by atoms with Crippen LogP contribution in [0.25, 0.3) is 45.8 Å². The number of H-pyrrole nitrogens is 2. The minimum Gasteiger partial charge on any atom is -0.871 e. The molecule has 12 aromatic rings. The predicted octanol–water partition coefficient (Wildman–Crippen LogP) is -14.5. The molecule has 0 amide bonds. The molecule has 44 nitrogen and oxygen atoms in total. The second-order valence-corrected chi connectivity index (χ2v) is 32.6. The number of carboxylic acid groups (broad SMARTS) is 2. The van der Waals surface area contributed by atoms with Gasteiger partial charge in [0.1, 0.15) is 60.7 Å². The van der Waals surface area contributed by atoms with Crippen LogP contribution in [0, 0.1) is 20.2 Å². The van der Waals surface area contributed by atoms with Crippen LogP contribution >= 0.6 is 23.2 Å². The third-order valence-electron chi connectivity index (χ3n) is 16.0. The molecule has 12 rings (SSSR count). The SMILES string of the molecule is O=C([O-])c1ccccc1N=Nc1c(S(=O)(=O)[O-])cc2cc(Nc3nc(Cl)[nH]c(=Nc4ccc(C=Cc5ccc([N+](=O)[O-])cc5S(=O)(=O)[O-])c(S(=O)(=O)[O-])c4)n3)ccc2c1[O-].O=C([O-])c1ccccc1N=Nc1c(S(=O)(=O)[O-])cc2cc(Nc3nc(Cl)[nH]c(=Nc4ccc(C=Cc5ccc([N+](=O)[O-])cc5S(=O)(=O)[O-])c(S(=O)(=O)[O-])c4)n3)ccc2c1[O-].[Cr+3].[Na+].[Na+].[Na+].[Na+].[Na+].[Na+].[Na+]. The number of carbonyl (C=O) groups is 2. The van der Waals surface area contributed by atoms with E-state index in [0.29, 0.717) is 12.1 Å². The molecule has 0 unspecified atom stereocenters. The molecule has 0 aliphatic rings. The van der Waals surface area contributed by atoms with Crippen LogP contribution in [0.1, 0.15) is 43.0 Å². The number of azo groups is 2. The molecule has 4 N–H and O–H groups in total. The summed E-state index contributed by atoms with van der Waals surface area (Å²) in [4.78, 5) is 66.8. The van der Waals surface area contributed by atoms with Gasteiger partial charge in [-0.2, -0.15) is 19.9 Å². The molecule has 0 aliphatic carbocycles. The number of carboxylic acids is 2. The number of hydrogen-bond acceptors (Lipinski definition) is 40. The fourth-order valence-corrected chi connectivity index (χ4v) is 15.1. The van der Waals surface area contributed by atoms with Crippen LogP contribution in [0.3, 0.4) is 0 Å². The van der Waals surface area contributed by atoms with Crippen LogP contribution in [0.2, 0.25) is 10.6 Å². The van der Waals surface area contributed by atoms with E-state index in [0.717, 1.165) is 97.1 Å². The molecule has 0 saturated heterocycles. The number of nitrogens with zero attached hydrogens (tertiary/aromatic N) is 12. The Bertz CT molecular complexity index is 7020. The van der Waals surface area contributed by atoms with Crippen molar-refractivity contribution in [2.24, 2.45) is 30.4 Å². The van der Waals surface area contributed by atoms with E-state index in [-0.39, 0.29) is 336 Å². The van der Waals surface area contributed by atoms with Gasteiger partial charge in [-0.1, -0.05) is 96.5 Å². The number of halogens is 2. The van der Waals surface area contributed by atoms with Gasteiger partial charge in [0, 0.05) is 46.8 Å². The maximum Gasteiger partial charge on any atom is 3.00 e. The first kappa shape index (κ1) is 116. The van der Waals surface area contributed by atoms with Gasteiger partial charge in [-0.05, 0) is 152 Å². The average Bonchev–Trinajstić information content (AvgIpc) is 0.770. The number of aromatic carboxylic acids is 2. The topological polar surface area (TPSA) is 737 Å².